The van der Waals surface area contributed by atoms with Crippen molar-refractivity contribution in [2.45, 2.75) is 32.2 Å². The van der Waals surface area contributed by atoms with Crippen molar-refractivity contribution in [3.63, 3.8) is 0 Å². The number of carbonyl (C=O) groups is 1. The number of anilines is 2. The van der Waals surface area contributed by atoms with Crippen LogP contribution in [-0.2, 0) is 11.2 Å². The number of nitrogens with one attached hydrogen (secondary N) is 2. The molecular weight excluding hydrogens is 218 g/mol. The van der Waals surface area contributed by atoms with Crippen LogP contribution in [0.1, 0.15) is 25.6 Å². The molecule has 0 saturated carbocycles. The van der Waals surface area contributed by atoms with Gasteiger partial charge in [0, 0.05) is 31.5 Å². The summed E-state index contributed by atoms with van der Waals surface area (Å²) in [5.41, 5.74) is 5.68. The van der Waals surface area contributed by atoms with Gasteiger partial charge >= 0.3 is 0 Å². The normalized spacial score (nSPS) is 19.1. The fourth-order valence-corrected chi connectivity index (χ4v) is 1.82. The number of aryl methyl sites for hydroxylation is 1. The zero-order valence-corrected chi connectivity index (χ0v) is 9.86. The van der Waals surface area contributed by atoms with E-state index in [4.69, 9.17) is 5.73 Å². The molecule has 0 aromatic carbocycles. The van der Waals surface area contributed by atoms with Gasteiger partial charge in [0.2, 0.25) is 5.91 Å². The van der Waals surface area contributed by atoms with Crippen LogP contribution >= 0.6 is 0 Å². The van der Waals surface area contributed by atoms with E-state index in [-0.39, 0.29) is 11.9 Å². The quantitative estimate of drug-likeness (QED) is 0.698. The minimum atomic E-state index is 0.119. The van der Waals surface area contributed by atoms with Crippen molar-refractivity contribution >= 4 is 17.5 Å². The van der Waals surface area contributed by atoms with Crippen LogP contribution in [0.5, 0.6) is 0 Å². The maximum absolute atomic E-state index is 11.0. The number of nitrogens with two attached hydrogens (primary N) is 1. The van der Waals surface area contributed by atoms with Crippen molar-refractivity contribution in [1.29, 1.82) is 0 Å². The highest BCUT2D eigenvalue weighted by molar-refractivity contribution is 5.78. The molecule has 1 aliphatic rings. The van der Waals surface area contributed by atoms with E-state index in [1.54, 1.807) is 6.07 Å². The summed E-state index contributed by atoms with van der Waals surface area (Å²) in [6.45, 7) is 2.65. The van der Waals surface area contributed by atoms with Crippen molar-refractivity contribution < 1.29 is 4.79 Å². The Kier molecular flexibility index (Phi) is 3.41. The fourth-order valence-electron chi connectivity index (χ4n) is 1.82. The number of nitrogens with zero attached hydrogens (tertiary/aromatic N) is 2. The van der Waals surface area contributed by atoms with Gasteiger partial charge in [0.25, 0.3) is 0 Å². The van der Waals surface area contributed by atoms with Gasteiger partial charge in [-0.05, 0) is 6.42 Å². The largest absolute Gasteiger partial charge is 0.384 e. The molecular formula is C11H17N5O. The van der Waals surface area contributed by atoms with Gasteiger partial charge in [0.05, 0.1) is 0 Å². The van der Waals surface area contributed by atoms with Crippen LogP contribution in [0.15, 0.2) is 6.07 Å². The molecule has 17 heavy (non-hydrogen) atoms. The molecule has 1 unspecified atom stereocenters. The van der Waals surface area contributed by atoms with E-state index < -0.39 is 0 Å². The highest BCUT2D eigenvalue weighted by Gasteiger charge is 2.20. The van der Waals surface area contributed by atoms with E-state index in [1.165, 1.54) is 0 Å². The summed E-state index contributed by atoms with van der Waals surface area (Å²) in [5.74, 6) is 2.03. The van der Waals surface area contributed by atoms with Gasteiger partial charge in [0.1, 0.15) is 17.5 Å². The van der Waals surface area contributed by atoms with Crippen LogP contribution < -0.4 is 16.4 Å². The summed E-state index contributed by atoms with van der Waals surface area (Å²) in [5, 5.41) is 6.07. The Morgan fingerprint density at radius 2 is 2.41 bits per heavy atom. The fraction of sp³-hybridized carbons (Fsp3) is 0.545. The van der Waals surface area contributed by atoms with E-state index in [9.17, 15) is 4.79 Å². The SMILES string of the molecule is CCc1nc(N)cc(NCC2CCC(=O)N2)n1. The lowest BCUT2D eigenvalue weighted by Gasteiger charge is -2.12. The second-order valence-electron chi connectivity index (χ2n) is 4.13. The van der Waals surface area contributed by atoms with Gasteiger partial charge in [-0.2, -0.15) is 0 Å². The monoisotopic (exact) mass is 235 g/mol. The second kappa shape index (κ2) is 4.99. The summed E-state index contributed by atoms with van der Waals surface area (Å²) in [7, 11) is 0. The first-order valence-corrected chi connectivity index (χ1v) is 5.84. The molecule has 1 saturated heterocycles. The summed E-state index contributed by atoms with van der Waals surface area (Å²) in [6, 6.07) is 1.89. The van der Waals surface area contributed by atoms with E-state index in [2.05, 4.69) is 20.6 Å². The Bertz CT molecular complexity index is 420. The van der Waals surface area contributed by atoms with E-state index in [0.29, 0.717) is 18.8 Å². The maximum atomic E-state index is 11.0. The molecule has 2 rings (SSSR count). The number of nitrogen functional groups attached to an aromatic ring is 1. The number of rotatable bonds is 4. The summed E-state index contributed by atoms with van der Waals surface area (Å²) in [4.78, 5) is 19.5. The summed E-state index contributed by atoms with van der Waals surface area (Å²) >= 11 is 0. The number of amides is 1. The number of carbonyl (C=O) groups excluding carboxylic acids is 1. The Morgan fingerprint density at radius 1 is 1.59 bits per heavy atom. The molecule has 1 atom stereocenters. The summed E-state index contributed by atoms with van der Waals surface area (Å²) < 4.78 is 0. The molecule has 1 aromatic heterocycles. The third-order valence-corrected chi connectivity index (χ3v) is 2.72. The average Bonchev–Trinajstić information content (AvgIpc) is 2.72. The molecule has 1 amide bonds. The first-order valence-electron chi connectivity index (χ1n) is 5.84. The lowest BCUT2D eigenvalue weighted by Crippen LogP contribution is -2.32. The lowest BCUT2D eigenvalue weighted by atomic mass is 10.2. The lowest BCUT2D eigenvalue weighted by molar-refractivity contribution is -0.119. The molecule has 2 heterocycles. The van der Waals surface area contributed by atoms with E-state index in [0.717, 1.165) is 24.5 Å². The Balaban J connectivity index is 1.94. The number of hydrogen-bond donors (Lipinski definition) is 3. The van der Waals surface area contributed by atoms with Crippen molar-refractivity contribution in [2.24, 2.45) is 0 Å². The molecule has 6 nitrogen and oxygen atoms in total. The van der Waals surface area contributed by atoms with Crippen molar-refractivity contribution in [1.82, 2.24) is 15.3 Å². The predicted molar refractivity (Wildman–Crippen MR) is 65.5 cm³/mol. The van der Waals surface area contributed by atoms with Gasteiger partial charge in [-0.25, -0.2) is 9.97 Å². The molecule has 6 heteroatoms. The second-order valence-corrected chi connectivity index (χ2v) is 4.13. The topological polar surface area (TPSA) is 92.9 Å². The molecule has 0 radical (unpaired) electrons. The third-order valence-electron chi connectivity index (χ3n) is 2.72. The smallest absolute Gasteiger partial charge is 0.220 e. The summed E-state index contributed by atoms with van der Waals surface area (Å²) in [6.07, 6.45) is 2.23. The number of aromatic nitrogens is 2. The standard InChI is InChI=1S/C11H17N5O/c1-2-9-15-8(12)5-10(16-9)13-6-7-3-4-11(17)14-7/h5,7H,2-4,6H2,1H3,(H,14,17)(H3,12,13,15,16). The molecule has 0 aliphatic carbocycles. The highest BCUT2D eigenvalue weighted by atomic mass is 16.1. The Labute approximate surface area is 100 Å². The molecule has 4 N–H and O–H groups in total. The molecule has 1 aliphatic heterocycles. The van der Waals surface area contributed by atoms with Crippen LogP contribution in [0.4, 0.5) is 11.6 Å². The first kappa shape index (κ1) is 11.6. The van der Waals surface area contributed by atoms with Crippen LogP contribution in [0, 0.1) is 0 Å². The minimum Gasteiger partial charge on any atom is -0.384 e. The highest BCUT2D eigenvalue weighted by Crippen LogP contribution is 2.11. The van der Waals surface area contributed by atoms with E-state index in [1.807, 2.05) is 6.92 Å². The molecule has 0 spiro atoms. The molecule has 1 aromatic rings. The van der Waals surface area contributed by atoms with Crippen molar-refractivity contribution in [3.8, 4) is 0 Å². The van der Waals surface area contributed by atoms with Crippen LogP contribution in [0.3, 0.4) is 0 Å². The Morgan fingerprint density at radius 3 is 3.06 bits per heavy atom. The van der Waals surface area contributed by atoms with Gasteiger partial charge in [0.15, 0.2) is 0 Å². The maximum Gasteiger partial charge on any atom is 0.220 e. The predicted octanol–water partition coefficient (Wildman–Crippen LogP) is 0.312. The van der Waals surface area contributed by atoms with Gasteiger partial charge in [-0.15, -0.1) is 0 Å². The van der Waals surface area contributed by atoms with Crippen molar-refractivity contribution in [2.75, 3.05) is 17.6 Å². The first-order chi connectivity index (χ1) is 8.17. The molecule has 1 fully saturated rings. The van der Waals surface area contributed by atoms with Gasteiger partial charge in [-0.1, -0.05) is 6.92 Å². The average molecular weight is 235 g/mol. The van der Waals surface area contributed by atoms with Gasteiger partial charge in [-0.3, -0.25) is 4.79 Å². The molecule has 92 valence electrons. The van der Waals surface area contributed by atoms with Crippen LogP contribution in [0.2, 0.25) is 0 Å². The van der Waals surface area contributed by atoms with E-state index >= 15 is 0 Å². The van der Waals surface area contributed by atoms with Crippen LogP contribution in [-0.4, -0.2) is 28.5 Å². The van der Waals surface area contributed by atoms with Crippen molar-refractivity contribution in [3.05, 3.63) is 11.9 Å². The molecule has 0 bridgehead atoms. The minimum absolute atomic E-state index is 0.119. The van der Waals surface area contributed by atoms with Crippen LogP contribution in [0.25, 0.3) is 0 Å². The zero-order valence-electron chi connectivity index (χ0n) is 9.86. The number of hydrogen-bond acceptors (Lipinski definition) is 5. The zero-order chi connectivity index (χ0) is 12.3. The Hall–Kier alpha value is -1.85. The van der Waals surface area contributed by atoms with Gasteiger partial charge < -0.3 is 16.4 Å². The third kappa shape index (κ3) is 3.05.